The van der Waals surface area contributed by atoms with E-state index in [1.54, 1.807) is 43.5 Å². The Hall–Kier alpha value is -2.29. The Balaban J connectivity index is 2.44. The summed E-state index contributed by atoms with van der Waals surface area (Å²) >= 11 is 0. The van der Waals surface area contributed by atoms with Crippen molar-refractivity contribution in [3.63, 3.8) is 0 Å². The van der Waals surface area contributed by atoms with Crippen LogP contribution in [-0.4, -0.2) is 12.9 Å². The van der Waals surface area contributed by atoms with Gasteiger partial charge in [-0.1, -0.05) is 24.3 Å². The second-order valence-electron chi connectivity index (χ2n) is 4.08. The monoisotopic (exact) mass is 241 g/mol. The number of rotatable bonds is 3. The molecule has 3 heteroatoms. The highest BCUT2D eigenvalue weighted by molar-refractivity contribution is 6.10. The number of methoxy groups -OCH3 is 1. The molecular formula is C15H15NO2. The Morgan fingerprint density at radius 1 is 1.17 bits per heavy atom. The van der Waals surface area contributed by atoms with Gasteiger partial charge in [-0.3, -0.25) is 4.79 Å². The van der Waals surface area contributed by atoms with Gasteiger partial charge in [0.15, 0.2) is 5.78 Å². The first-order chi connectivity index (χ1) is 8.63. The first-order valence-electron chi connectivity index (χ1n) is 5.67. The van der Waals surface area contributed by atoms with Gasteiger partial charge in [-0.25, -0.2) is 0 Å². The maximum absolute atomic E-state index is 12.4. The summed E-state index contributed by atoms with van der Waals surface area (Å²) < 4.78 is 5.12. The molecule has 0 spiro atoms. The van der Waals surface area contributed by atoms with Crippen LogP contribution in [0, 0.1) is 6.92 Å². The van der Waals surface area contributed by atoms with Crippen LogP contribution in [0.4, 0.5) is 5.69 Å². The quantitative estimate of drug-likeness (QED) is 0.664. The van der Waals surface area contributed by atoms with Crippen molar-refractivity contribution in [3.8, 4) is 5.75 Å². The van der Waals surface area contributed by atoms with Gasteiger partial charge in [0.2, 0.25) is 0 Å². The fourth-order valence-corrected chi connectivity index (χ4v) is 1.82. The van der Waals surface area contributed by atoms with Crippen LogP contribution in [-0.2, 0) is 0 Å². The Kier molecular flexibility index (Phi) is 3.33. The standard InChI is InChI=1S/C15H15NO2/c1-10-13(7-4-8-14(10)16)15(17)11-5-3-6-12(9-11)18-2/h3-9H,16H2,1-2H3. The Morgan fingerprint density at radius 2 is 1.89 bits per heavy atom. The molecule has 2 rings (SSSR count). The number of hydrogen-bond acceptors (Lipinski definition) is 3. The van der Waals surface area contributed by atoms with Crippen LogP contribution >= 0.6 is 0 Å². The minimum atomic E-state index is -0.0429. The summed E-state index contributed by atoms with van der Waals surface area (Å²) in [6.07, 6.45) is 0. The number of benzene rings is 2. The van der Waals surface area contributed by atoms with Gasteiger partial charge >= 0.3 is 0 Å². The second kappa shape index (κ2) is 4.92. The van der Waals surface area contributed by atoms with E-state index >= 15 is 0 Å². The van der Waals surface area contributed by atoms with Gasteiger partial charge in [-0.15, -0.1) is 0 Å². The molecule has 0 fully saturated rings. The third kappa shape index (κ3) is 2.20. The molecule has 0 radical (unpaired) electrons. The van der Waals surface area contributed by atoms with Crippen LogP contribution in [0.5, 0.6) is 5.75 Å². The average molecular weight is 241 g/mol. The number of ether oxygens (including phenoxy) is 1. The van der Waals surface area contributed by atoms with Crippen LogP contribution < -0.4 is 10.5 Å². The zero-order chi connectivity index (χ0) is 13.1. The summed E-state index contributed by atoms with van der Waals surface area (Å²) in [5.74, 6) is 0.626. The largest absolute Gasteiger partial charge is 0.497 e. The Labute approximate surface area is 106 Å². The predicted octanol–water partition coefficient (Wildman–Crippen LogP) is 2.82. The normalized spacial score (nSPS) is 10.1. The van der Waals surface area contributed by atoms with E-state index in [0.717, 1.165) is 5.56 Å². The summed E-state index contributed by atoms with van der Waals surface area (Å²) in [6, 6.07) is 12.5. The van der Waals surface area contributed by atoms with Gasteiger partial charge < -0.3 is 10.5 Å². The van der Waals surface area contributed by atoms with Crippen molar-refractivity contribution in [1.29, 1.82) is 0 Å². The van der Waals surface area contributed by atoms with Crippen molar-refractivity contribution in [3.05, 3.63) is 59.2 Å². The number of carbonyl (C=O) groups is 1. The van der Waals surface area contributed by atoms with E-state index in [2.05, 4.69) is 0 Å². The van der Waals surface area contributed by atoms with Crippen molar-refractivity contribution in [1.82, 2.24) is 0 Å². The van der Waals surface area contributed by atoms with E-state index in [4.69, 9.17) is 10.5 Å². The number of ketones is 1. The number of carbonyl (C=O) groups excluding carboxylic acids is 1. The molecule has 2 aromatic rings. The van der Waals surface area contributed by atoms with Crippen molar-refractivity contribution in [2.24, 2.45) is 0 Å². The fourth-order valence-electron chi connectivity index (χ4n) is 1.82. The highest BCUT2D eigenvalue weighted by Gasteiger charge is 2.13. The fraction of sp³-hybridized carbons (Fsp3) is 0.133. The SMILES string of the molecule is COc1cccc(C(=O)c2cccc(N)c2C)c1. The van der Waals surface area contributed by atoms with Gasteiger partial charge in [0.1, 0.15) is 5.75 Å². The lowest BCUT2D eigenvalue weighted by atomic mass is 9.98. The molecule has 0 aliphatic rings. The summed E-state index contributed by atoms with van der Waals surface area (Å²) in [5.41, 5.74) is 8.48. The summed E-state index contributed by atoms with van der Waals surface area (Å²) in [5, 5.41) is 0. The molecule has 0 bridgehead atoms. The Bertz CT molecular complexity index is 591. The minimum Gasteiger partial charge on any atom is -0.497 e. The van der Waals surface area contributed by atoms with Crippen LogP contribution in [0.2, 0.25) is 0 Å². The van der Waals surface area contributed by atoms with Gasteiger partial charge in [0.05, 0.1) is 7.11 Å². The average Bonchev–Trinajstić information content (AvgIpc) is 2.41. The molecule has 0 saturated carbocycles. The molecular weight excluding hydrogens is 226 g/mol. The smallest absolute Gasteiger partial charge is 0.193 e. The van der Waals surface area contributed by atoms with Crippen LogP contribution in [0.15, 0.2) is 42.5 Å². The third-order valence-electron chi connectivity index (χ3n) is 2.95. The molecule has 0 aliphatic carbocycles. The summed E-state index contributed by atoms with van der Waals surface area (Å²) in [6.45, 7) is 1.85. The maximum atomic E-state index is 12.4. The molecule has 0 heterocycles. The Morgan fingerprint density at radius 3 is 2.61 bits per heavy atom. The highest BCUT2D eigenvalue weighted by atomic mass is 16.5. The molecule has 2 aromatic carbocycles. The molecule has 18 heavy (non-hydrogen) atoms. The van der Waals surface area contributed by atoms with E-state index < -0.39 is 0 Å². The van der Waals surface area contributed by atoms with E-state index in [0.29, 0.717) is 22.6 Å². The summed E-state index contributed by atoms with van der Waals surface area (Å²) in [7, 11) is 1.58. The van der Waals surface area contributed by atoms with Gasteiger partial charge in [0, 0.05) is 16.8 Å². The summed E-state index contributed by atoms with van der Waals surface area (Å²) in [4.78, 5) is 12.4. The first-order valence-corrected chi connectivity index (χ1v) is 5.67. The molecule has 0 saturated heterocycles. The van der Waals surface area contributed by atoms with Crippen LogP contribution in [0.25, 0.3) is 0 Å². The molecule has 0 unspecified atom stereocenters. The zero-order valence-corrected chi connectivity index (χ0v) is 10.4. The van der Waals surface area contributed by atoms with Gasteiger partial charge in [-0.05, 0) is 30.7 Å². The topological polar surface area (TPSA) is 52.3 Å². The number of hydrogen-bond donors (Lipinski definition) is 1. The molecule has 92 valence electrons. The maximum Gasteiger partial charge on any atom is 0.193 e. The van der Waals surface area contributed by atoms with Crippen molar-refractivity contribution in [2.75, 3.05) is 12.8 Å². The van der Waals surface area contributed by atoms with Crippen LogP contribution in [0.3, 0.4) is 0 Å². The van der Waals surface area contributed by atoms with Gasteiger partial charge in [-0.2, -0.15) is 0 Å². The number of anilines is 1. The van der Waals surface area contributed by atoms with Crippen molar-refractivity contribution in [2.45, 2.75) is 6.92 Å². The number of nitrogens with two attached hydrogens (primary N) is 1. The van der Waals surface area contributed by atoms with Gasteiger partial charge in [0.25, 0.3) is 0 Å². The molecule has 0 aromatic heterocycles. The van der Waals surface area contributed by atoms with Crippen LogP contribution in [0.1, 0.15) is 21.5 Å². The lowest BCUT2D eigenvalue weighted by molar-refractivity contribution is 0.103. The molecule has 0 aliphatic heterocycles. The number of nitrogen functional groups attached to an aromatic ring is 1. The molecule has 0 atom stereocenters. The molecule has 2 N–H and O–H groups in total. The molecule has 3 nitrogen and oxygen atoms in total. The highest BCUT2D eigenvalue weighted by Crippen LogP contribution is 2.21. The lowest BCUT2D eigenvalue weighted by Crippen LogP contribution is -2.05. The van der Waals surface area contributed by atoms with E-state index in [-0.39, 0.29) is 5.78 Å². The zero-order valence-electron chi connectivity index (χ0n) is 10.4. The third-order valence-corrected chi connectivity index (χ3v) is 2.95. The first kappa shape index (κ1) is 12.2. The van der Waals surface area contributed by atoms with Crippen molar-refractivity contribution >= 4 is 11.5 Å². The van der Waals surface area contributed by atoms with E-state index in [1.807, 2.05) is 13.0 Å². The van der Waals surface area contributed by atoms with E-state index in [9.17, 15) is 4.79 Å². The lowest BCUT2D eigenvalue weighted by Gasteiger charge is -2.08. The molecule has 0 amide bonds. The van der Waals surface area contributed by atoms with E-state index in [1.165, 1.54) is 0 Å². The predicted molar refractivity (Wildman–Crippen MR) is 72.0 cm³/mol. The minimum absolute atomic E-state index is 0.0429. The second-order valence-corrected chi connectivity index (χ2v) is 4.08. The van der Waals surface area contributed by atoms with Crippen molar-refractivity contribution < 1.29 is 9.53 Å².